The number of amides is 1. The number of halogens is 1. The summed E-state index contributed by atoms with van der Waals surface area (Å²) >= 11 is 4.46. The molecule has 2 N–H and O–H groups in total. The normalized spacial score (nSPS) is 13.2. The van der Waals surface area contributed by atoms with Crippen molar-refractivity contribution in [3.05, 3.63) is 15.4 Å². The van der Waals surface area contributed by atoms with Crippen molar-refractivity contribution in [2.45, 2.75) is 43.9 Å². The molecule has 0 spiro atoms. The van der Waals surface area contributed by atoms with Crippen molar-refractivity contribution in [1.29, 1.82) is 0 Å². The maximum absolute atomic E-state index is 12.0. The molecule has 1 atom stereocenters. The van der Waals surface area contributed by atoms with Crippen LogP contribution in [0.15, 0.2) is 14.1 Å². The van der Waals surface area contributed by atoms with Crippen LogP contribution < -0.4 is 10.0 Å². The fourth-order valence-electron chi connectivity index (χ4n) is 1.38. The lowest BCUT2D eigenvalue weighted by Gasteiger charge is -2.11. The van der Waals surface area contributed by atoms with Crippen molar-refractivity contribution in [3.8, 4) is 0 Å². The van der Waals surface area contributed by atoms with Crippen LogP contribution in [0.3, 0.4) is 0 Å². The predicted octanol–water partition coefficient (Wildman–Crippen LogP) is 2.40. The van der Waals surface area contributed by atoms with Gasteiger partial charge < -0.3 is 5.32 Å². The number of aryl methyl sites for hydroxylation is 1. The van der Waals surface area contributed by atoms with Gasteiger partial charge in [-0.15, -0.1) is 11.3 Å². The fourth-order valence-corrected chi connectivity index (χ4v) is 4.69. The third-order valence-corrected chi connectivity index (χ3v) is 6.83. The Hall–Kier alpha value is -0.440. The van der Waals surface area contributed by atoms with Gasteiger partial charge in [-0.3, -0.25) is 4.79 Å². The average molecular weight is 383 g/mol. The SMILES string of the molecule is CCC(C)NC(=O)CCNS(=O)(=O)c1cc(C)c(Br)s1. The topological polar surface area (TPSA) is 75.3 Å². The summed E-state index contributed by atoms with van der Waals surface area (Å²) in [4.78, 5) is 11.5. The molecule has 1 heterocycles. The Kier molecular flexibility index (Phi) is 6.63. The number of sulfonamides is 1. The molecular formula is C12H19BrN2O3S2. The van der Waals surface area contributed by atoms with E-state index in [9.17, 15) is 13.2 Å². The first-order valence-corrected chi connectivity index (χ1v) is 9.40. The van der Waals surface area contributed by atoms with Crippen molar-refractivity contribution in [2.75, 3.05) is 6.54 Å². The number of hydrogen-bond donors (Lipinski definition) is 2. The third kappa shape index (κ3) is 5.16. The summed E-state index contributed by atoms with van der Waals surface area (Å²) in [5.74, 6) is -0.148. The molecule has 0 saturated heterocycles. The van der Waals surface area contributed by atoms with E-state index in [0.717, 1.165) is 27.1 Å². The molecule has 0 aliphatic heterocycles. The summed E-state index contributed by atoms with van der Waals surface area (Å²) in [6, 6.07) is 1.71. The number of carbonyl (C=O) groups excluding carboxylic acids is 1. The zero-order valence-corrected chi connectivity index (χ0v) is 14.9. The van der Waals surface area contributed by atoms with Gasteiger partial charge in [0.15, 0.2) is 0 Å². The predicted molar refractivity (Wildman–Crippen MR) is 84.5 cm³/mol. The average Bonchev–Trinajstić information content (AvgIpc) is 2.70. The molecule has 0 aliphatic carbocycles. The molecule has 1 amide bonds. The van der Waals surface area contributed by atoms with Crippen LogP contribution in [0.5, 0.6) is 0 Å². The van der Waals surface area contributed by atoms with E-state index in [1.807, 2.05) is 20.8 Å². The molecule has 1 unspecified atom stereocenters. The van der Waals surface area contributed by atoms with Gasteiger partial charge in [0.1, 0.15) is 4.21 Å². The quantitative estimate of drug-likeness (QED) is 0.759. The second-order valence-corrected chi connectivity index (χ2v) is 8.91. The summed E-state index contributed by atoms with van der Waals surface area (Å²) < 4.78 is 27.5. The van der Waals surface area contributed by atoms with Crippen LogP contribution in [0.1, 0.15) is 32.3 Å². The Labute approximate surface area is 132 Å². The second kappa shape index (κ2) is 7.53. The van der Waals surface area contributed by atoms with E-state index in [1.54, 1.807) is 6.07 Å². The lowest BCUT2D eigenvalue weighted by molar-refractivity contribution is -0.121. The molecule has 5 nitrogen and oxygen atoms in total. The van der Waals surface area contributed by atoms with Gasteiger partial charge in [0.2, 0.25) is 15.9 Å². The highest BCUT2D eigenvalue weighted by molar-refractivity contribution is 9.11. The van der Waals surface area contributed by atoms with E-state index in [4.69, 9.17) is 0 Å². The highest BCUT2D eigenvalue weighted by Gasteiger charge is 2.18. The van der Waals surface area contributed by atoms with Crippen molar-refractivity contribution >= 4 is 43.2 Å². The van der Waals surface area contributed by atoms with Gasteiger partial charge in [-0.2, -0.15) is 0 Å². The highest BCUT2D eigenvalue weighted by atomic mass is 79.9. The van der Waals surface area contributed by atoms with Crippen LogP contribution in [0.25, 0.3) is 0 Å². The molecule has 1 rings (SSSR count). The molecule has 0 radical (unpaired) electrons. The zero-order chi connectivity index (χ0) is 15.3. The minimum Gasteiger partial charge on any atom is -0.354 e. The van der Waals surface area contributed by atoms with Gasteiger partial charge in [0.25, 0.3) is 0 Å². The largest absolute Gasteiger partial charge is 0.354 e. The van der Waals surface area contributed by atoms with Crippen LogP contribution >= 0.6 is 27.3 Å². The van der Waals surface area contributed by atoms with Crippen LogP contribution in [-0.2, 0) is 14.8 Å². The molecular weight excluding hydrogens is 364 g/mol. The smallest absolute Gasteiger partial charge is 0.250 e. The minimum atomic E-state index is -3.53. The van der Waals surface area contributed by atoms with Crippen molar-refractivity contribution in [3.63, 3.8) is 0 Å². The van der Waals surface area contributed by atoms with Crippen LogP contribution in [0, 0.1) is 6.92 Å². The Morgan fingerprint density at radius 3 is 2.65 bits per heavy atom. The molecule has 0 bridgehead atoms. The van der Waals surface area contributed by atoms with Crippen LogP contribution in [0.4, 0.5) is 0 Å². The number of thiophene rings is 1. The van der Waals surface area contributed by atoms with Crippen molar-refractivity contribution in [2.24, 2.45) is 0 Å². The maximum atomic E-state index is 12.0. The minimum absolute atomic E-state index is 0.0964. The first-order valence-electron chi connectivity index (χ1n) is 6.31. The molecule has 8 heteroatoms. The molecule has 0 fully saturated rings. The molecule has 0 saturated carbocycles. The monoisotopic (exact) mass is 382 g/mol. The fraction of sp³-hybridized carbons (Fsp3) is 0.583. The summed E-state index contributed by atoms with van der Waals surface area (Å²) in [6.45, 7) is 5.82. The molecule has 114 valence electrons. The summed E-state index contributed by atoms with van der Waals surface area (Å²) in [5, 5.41) is 2.79. The third-order valence-electron chi connectivity index (χ3n) is 2.76. The Morgan fingerprint density at radius 1 is 1.50 bits per heavy atom. The maximum Gasteiger partial charge on any atom is 0.250 e. The van der Waals surface area contributed by atoms with Crippen LogP contribution in [0.2, 0.25) is 0 Å². The van der Waals surface area contributed by atoms with Gasteiger partial charge in [0, 0.05) is 19.0 Å². The Bertz CT molecular complexity index is 550. The summed E-state index contributed by atoms with van der Waals surface area (Å²) in [6.07, 6.45) is 0.981. The standard InChI is InChI=1S/C12H19BrN2O3S2/c1-4-9(3)15-10(16)5-6-14-20(17,18)11-7-8(2)12(13)19-11/h7,9,14H,4-6H2,1-3H3,(H,15,16). The van der Waals surface area contributed by atoms with E-state index < -0.39 is 10.0 Å². The first kappa shape index (κ1) is 17.6. The highest BCUT2D eigenvalue weighted by Crippen LogP contribution is 2.30. The van der Waals surface area contributed by atoms with E-state index in [-0.39, 0.29) is 29.1 Å². The molecule has 1 aromatic heterocycles. The van der Waals surface area contributed by atoms with E-state index in [2.05, 4.69) is 26.0 Å². The first-order chi connectivity index (χ1) is 9.26. The Balaban J connectivity index is 2.50. The summed E-state index contributed by atoms with van der Waals surface area (Å²) in [7, 11) is -3.53. The van der Waals surface area contributed by atoms with Gasteiger partial charge in [-0.25, -0.2) is 13.1 Å². The zero-order valence-electron chi connectivity index (χ0n) is 11.7. The lowest BCUT2D eigenvalue weighted by Crippen LogP contribution is -2.35. The van der Waals surface area contributed by atoms with Gasteiger partial charge in [-0.05, 0) is 47.8 Å². The second-order valence-electron chi connectivity index (χ2n) is 4.55. The molecule has 20 heavy (non-hydrogen) atoms. The molecule has 1 aromatic rings. The van der Waals surface area contributed by atoms with Crippen LogP contribution in [-0.4, -0.2) is 26.9 Å². The number of carbonyl (C=O) groups is 1. The number of rotatable bonds is 7. The van der Waals surface area contributed by atoms with E-state index in [0.29, 0.717) is 0 Å². The molecule has 0 aromatic carbocycles. The van der Waals surface area contributed by atoms with Gasteiger partial charge >= 0.3 is 0 Å². The number of hydrogen-bond acceptors (Lipinski definition) is 4. The lowest BCUT2D eigenvalue weighted by atomic mass is 10.2. The molecule has 0 aliphatic rings. The van der Waals surface area contributed by atoms with Crippen molar-refractivity contribution < 1.29 is 13.2 Å². The van der Waals surface area contributed by atoms with Gasteiger partial charge in [0.05, 0.1) is 3.79 Å². The van der Waals surface area contributed by atoms with E-state index in [1.165, 1.54) is 0 Å². The van der Waals surface area contributed by atoms with Crippen molar-refractivity contribution in [1.82, 2.24) is 10.0 Å². The summed E-state index contributed by atoms with van der Waals surface area (Å²) in [5.41, 5.74) is 0.880. The number of nitrogens with one attached hydrogen (secondary N) is 2. The van der Waals surface area contributed by atoms with Gasteiger partial charge in [-0.1, -0.05) is 6.92 Å². The Morgan fingerprint density at radius 2 is 2.15 bits per heavy atom. The van der Waals surface area contributed by atoms with E-state index >= 15 is 0 Å².